The number of hydrogen-bond donors (Lipinski definition) is 2. The molecule has 0 aromatic heterocycles. The number of benzene rings is 3. The summed E-state index contributed by atoms with van der Waals surface area (Å²) < 4.78 is 16.3. The number of rotatable bonds is 10. The average molecular weight is 591 g/mol. The first-order valence-corrected chi connectivity index (χ1v) is 13.8. The molecule has 3 aromatic carbocycles. The summed E-state index contributed by atoms with van der Waals surface area (Å²) in [5, 5.41) is 5.67. The summed E-state index contributed by atoms with van der Waals surface area (Å²) in [6.07, 6.45) is 0.956. The number of likely N-dealkylation sites (N-methyl/N-ethyl adjacent to an activating group) is 1. The van der Waals surface area contributed by atoms with Crippen LogP contribution in [0.3, 0.4) is 0 Å². The molecule has 10 heteroatoms. The molecule has 1 saturated heterocycles. The average Bonchev–Trinajstić information content (AvgIpc) is 3.43. The Kier molecular flexibility index (Phi) is 11.5. The summed E-state index contributed by atoms with van der Waals surface area (Å²) in [6.45, 7) is 2.84. The van der Waals surface area contributed by atoms with Gasteiger partial charge in [0.25, 0.3) is 0 Å². The van der Waals surface area contributed by atoms with Gasteiger partial charge in [-0.25, -0.2) is 9.59 Å². The normalized spacial score (nSPS) is 15.8. The highest BCUT2D eigenvalue weighted by atomic mass is 16.5. The number of likely N-dealkylation sites (tertiary alicyclic amines) is 1. The van der Waals surface area contributed by atoms with Gasteiger partial charge in [-0.2, -0.15) is 0 Å². The predicted octanol–water partition coefficient (Wildman–Crippen LogP) is 5.22. The number of anilines is 2. The van der Waals surface area contributed by atoms with E-state index in [1.54, 1.807) is 36.4 Å². The van der Waals surface area contributed by atoms with E-state index in [0.29, 0.717) is 35.9 Å². The van der Waals surface area contributed by atoms with Gasteiger partial charge in [-0.1, -0.05) is 31.7 Å². The van der Waals surface area contributed by atoms with Gasteiger partial charge in [0.15, 0.2) is 0 Å². The number of carbonyl (C=O) groups is 3. The number of nitrogens with one attached hydrogen (secondary N) is 2. The Morgan fingerprint density at radius 3 is 2.30 bits per heavy atom. The van der Waals surface area contributed by atoms with Crippen LogP contribution in [0.4, 0.5) is 16.2 Å². The van der Waals surface area contributed by atoms with Crippen LogP contribution in [-0.4, -0.2) is 81.3 Å². The van der Waals surface area contributed by atoms with Gasteiger partial charge in [0.05, 0.1) is 37.9 Å². The van der Waals surface area contributed by atoms with Crippen LogP contribution >= 0.6 is 0 Å². The first-order valence-electron chi connectivity index (χ1n) is 13.8. The fraction of sp³-hybridized carbons (Fsp3) is 0.364. The zero-order valence-corrected chi connectivity index (χ0v) is 24.7. The molecule has 43 heavy (non-hydrogen) atoms. The quantitative estimate of drug-likeness (QED) is 0.312. The topological polar surface area (TPSA) is 109 Å². The second-order valence-electron chi connectivity index (χ2n) is 10.5. The maximum atomic E-state index is 13.5. The largest absolute Gasteiger partial charge is 0.495 e. The lowest BCUT2D eigenvalue weighted by Gasteiger charge is -2.25. The van der Waals surface area contributed by atoms with Crippen molar-refractivity contribution in [3.05, 3.63) is 83.4 Å². The van der Waals surface area contributed by atoms with Crippen LogP contribution in [0.25, 0.3) is 0 Å². The van der Waals surface area contributed by atoms with Crippen LogP contribution in [0.2, 0.25) is 0 Å². The number of carbonyl (C=O) groups excluding carboxylic acids is 3. The summed E-state index contributed by atoms with van der Waals surface area (Å²) in [5.41, 5.74) is 3.38. The number of amides is 3. The Morgan fingerprint density at radius 2 is 1.65 bits per heavy atom. The van der Waals surface area contributed by atoms with Crippen LogP contribution in [-0.2, 0) is 16.0 Å². The summed E-state index contributed by atoms with van der Waals surface area (Å²) in [7, 11) is 6.88. The van der Waals surface area contributed by atoms with E-state index in [-0.39, 0.29) is 37.9 Å². The van der Waals surface area contributed by atoms with Gasteiger partial charge in [0, 0.05) is 18.3 Å². The first-order chi connectivity index (χ1) is 20.2. The zero-order chi connectivity index (χ0) is 30.2. The molecule has 0 radical (unpaired) electrons. The minimum Gasteiger partial charge on any atom is -0.495 e. The molecule has 3 aromatic rings. The van der Waals surface area contributed by atoms with Crippen molar-refractivity contribution in [2.45, 2.75) is 39.3 Å². The molecule has 1 aliphatic rings. The summed E-state index contributed by atoms with van der Waals surface area (Å²) in [6, 6.07) is 19.3. The molecule has 0 spiro atoms. The third-order valence-corrected chi connectivity index (χ3v) is 7.42. The molecule has 10 nitrogen and oxygen atoms in total. The molecule has 4 rings (SSSR count). The van der Waals surface area contributed by atoms with E-state index in [4.69, 9.17) is 14.2 Å². The molecule has 0 aliphatic carbocycles. The van der Waals surface area contributed by atoms with Crippen molar-refractivity contribution in [1.29, 1.82) is 0 Å². The Morgan fingerprint density at radius 1 is 0.953 bits per heavy atom. The van der Waals surface area contributed by atoms with E-state index in [1.165, 1.54) is 14.2 Å². The predicted molar refractivity (Wildman–Crippen MR) is 168 cm³/mol. The second-order valence-corrected chi connectivity index (χ2v) is 10.5. The molecule has 1 aliphatic heterocycles. The SMILES string of the molecule is C.COC(=O)c1ccc(OC[C@@H]2C[C@H](N(C)C)CN2C(=O)Cc2ccc(NC(=O)Nc3ccccc3C)c(OC)c2)cc1. The zero-order valence-electron chi connectivity index (χ0n) is 24.7. The Labute approximate surface area is 253 Å². The van der Waals surface area contributed by atoms with Crippen molar-refractivity contribution in [3.8, 4) is 11.5 Å². The van der Waals surface area contributed by atoms with Crippen LogP contribution < -0.4 is 20.1 Å². The lowest BCUT2D eigenvalue weighted by Crippen LogP contribution is -2.40. The molecular formula is C33H42N4O6. The van der Waals surface area contributed by atoms with Crippen molar-refractivity contribution in [3.63, 3.8) is 0 Å². The molecule has 1 heterocycles. The van der Waals surface area contributed by atoms with Crippen LogP contribution in [0.5, 0.6) is 11.5 Å². The lowest BCUT2D eigenvalue weighted by molar-refractivity contribution is -0.131. The Balaban J connectivity index is 0.00000506. The molecule has 1 fully saturated rings. The Bertz CT molecular complexity index is 1410. The molecule has 3 amide bonds. The first kappa shape index (κ1) is 32.9. The van der Waals surface area contributed by atoms with Crippen molar-refractivity contribution in [2.24, 2.45) is 0 Å². The number of esters is 1. The van der Waals surface area contributed by atoms with E-state index < -0.39 is 5.97 Å². The Hall–Kier alpha value is -4.57. The second kappa shape index (κ2) is 15.1. The number of nitrogens with zero attached hydrogens (tertiary/aromatic N) is 2. The van der Waals surface area contributed by atoms with Gasteiger partial charge < -0.3 is 34.6 Å². The fourth-order valence-corrected chi connectivity index (χ4v) is 4.94. The smallest absolute Gasteiger partial charge is 0.337 e. The molecule has 0 unspecified atom stereocenters. The fourth-order valence-electron chi connectivity index (χ4n) is 4.94. The number of hydrogen-bond acceptors (Lipinski definition) is 7. The maximum Gasteiger partial charge on any atom is 0.337 e. The summed E-state index contributed by atoms with van der Waals surface area (Å²) >= 11 is 0. The van der Waals surface area contributed by atoms with Crippen molar-refractivity contribution >= 4 is 29.3 Å². The van der Waals surface area contributed by atoms with Gasteiger partial charge in [-0.3, -0.25) is 4.79 Å². The molecule has 0 bridgehead atoms. The minimum atomic E-state index is -0.408. The molecule has 0 saturated carbocycles. The van der Waals surface area contributed by atoms with Crippen molar-refractivity contribution in [2.75, 3.05) is 52.1 Å². The van der Waals surface area contributed by atoms with E-state index >= 15 is 0 Å². The number of methoxy groups -OCH3 is 2. The number of para-hydroxylation sites is 1. The highest BCUT2D eigenvalue weighted by Crippen LogP contribution is 2.28. The van der Waals surface area contributed by atoms with Crippen LogP contribution in [0, 0.1) is 6.92 Å². The minimum absolute atomic E-state index is 0. The number of urea groups is 1. The standard InChI is InChI=1S/C32H38N4O6.CH4/c1-21-8-6-7-9-27(21)33-32(39)34-28-15-10-22(16-29(28)40-4)17-30(37)36-19-24(35(2)3)18-25(36)20-42-26-13-11-23(12-14-26)31(38)41-5;/h6-16,24-25H,17-20H2,1-5H3,(H2,33,34,39);1H4/t24-,25-;/m0./s1. The molecule has 2 N–H and O–H groups in total. The van der Waals surface area contributed by atoms with Crippen molar-refractivity contribution < 1.29 is 28.6 Å². The van der Waals surface area contributed by atoms with Crippen LogP contribution in [0.1, 0.15) is 35.3 Å². The van der Waals surface area contributed by atoms with Crippen molar-refractivity contribution in [1.82, 2.24) is 9.80 Å². The molecule has 230 valence electrons. The third kappa shape index (κ3) is 8.48. The monoisotopic (exact) mass is 590 g/mol. The molecule has 2 atom stereocenters. The van der Waals surface area contributed by atoms with E-state index in [0.717, 1.165) is 23.2 Å². The van der Waals surface area contributed by atoms with Gasteiger partial charge >= 0.3 is 12.0 Å². The lowest BCUT2D eigenvalue weighted by atomic mass is 10.1. The van der Waals surface area contributed by atoms with E-state index in [2.05, 4.69) is 15.5 Å². The van der Waals surface area contributed by atoms with E-state index in [1.807, 2.05) is 56.3 Å². The maximum absolute atomic E-state index is 13.5. The van der Waals surface area contributed by atoms with Gasteiger partial charge in [-0.15, -0.1) is 0 Å². The summed E-state index contributed by atoms with van der Waals surface area (Å²) in [5.74, 6) is 0.647. The number of ether oxygens (including phenoxy) is 3. The van der Waals surface area contributed by atoms with Crippen LogP contribution in [0.15, 0.2) is 66.7 Å². The van der Waals surface area contributed by atoms with E-state index in [9.17, 15) is 14.4 Å². The van der Waals surface area contributed by atoms with Gasteiger partial charge in [-0.05, 0) is 81.0 Å². The van der Waals surface area contributed by atoms with Gasteiger partial charge in [0.2, 0.25) is 5.91 Å². The van der Waals surface area contributed by atoms with Gasteiger partial charge in [0.1, 0.15) is 18.1 Å². The number of aryl methyl sites for hydroxylation is 1. The molecular weight excluding hydrogens is 548 g/mol. The third-order valence-electron chi connectivity index (χ3n) is 7.42. The summed E-state index contributed by atoms with van der Waals surface area (Å²) in [4.78, 5) is 41.8. The highest BCUT2D eigenvalue weighted by Gasteiger charge is 2.36. The highest BCUT2D eigenvalue weighted by molar-refractivity contribution is 6.01.